The SMILES string of the molecule is CC1Nc2ccc(S(C)(=O)=O)cc2SC1C#N. The molecule has 2 rings (SSSR count). The van der Waals surface area contributed by atoms with Crippen LogP contribution in [0.2, 0.25) is 0 Å². The van der Waals surface area contributed by atoms with Gasteiger partial charge in [0.25, 0.3) is 0 Å². The maximum atomic E-state index is 11.4. The van der Waals surface area contributed by atoms with Gasteiger partial charge in [-0.05, 0) is 25.1 Å². The molecule has 1 aromatic rings. The predicted octanol–water partition coefficient (Wildman–Crippen LogP) is 1.89. The summed E-state index contributed by atoms with van der Waals surface area (Å²) in [6.07, 6.45) is 1.18. The molecule has 2 unspecified atom stereocenters. The third-order valence-corrected chi connectivity index (χ3v) is 5.07. The number of benzene rings is 1. The van der Waals surface area contributed by atoms with E-state index in [1.807, 2.05) is 6.92 Å². The average Bonchev–Trinajstić information content (AvgIpc) is 2.26. The van der Waals surface area contributed by atoms with Crippen molar-refractivity contribution in [1.29, 1.82) is 5.26 Å². The monoisotopic (exact) mass is 268 g/mol. The molecule has 2 atom stereocenters. The van der Waals surface area contributed by atoms with E-state index in [2.05, 4.69) is 11.4 Å². The number of sulfone groups is 1. The number of nitrogens with zero attached hydrogens (tertiary/aromatic N) is 1. The zero-order chi connectivity index (χ0) is 12.6. The minimum Gasteiger partial charge on any atom is -0.379 e. The van der Waals surface area contributed by atoms with Crippen LogP contribution in [0.1, 0.15) is 6.92 Å². The normalized spacial score (nSPS) is 23.4. The molecule has 17 heavy (non-hydrogen) atoms. The number of anilines is 1. The maximum absolute atomic E-state index is 11.4. The van der Waals surface area contributed by atoms with Gasteiger partial charge in [-0.2, -0.15) is 5.26 Å². The Kier molecular flexibility index (Phi) is 3.06. The molecule has 0 spiro atoms. The van der Waals surface area contributed by atoms with E-state index in [0.29, 0.717) is 0 Å². The first-order chi connectivity index (χ1) is 7.91. The van der Waals surface area contributed by atoms with Crippen LogP contribution in [0.25, 0.3) is 0 Å². The van der Waals surface area contributed by atoms with E-state index in [0.717, 1.165) is 10.6 Å². The fourth-order valence-corrected chi connectivity index (χ4v) is 3.42. The number of rotatable bonds is 1. The van der Waals surface area contributed by atoms with Crippen molar-refractivity contribution in [2.24, 2.45) is 0 Å². The Bertz CT molecular complexity index is 590. The molecule has 0 aliphatic carbocycles. The number of hydrogen-bond donors (Lipinski definition) is 1. The minimum atomic E-state index is -3.20. The maximum Gasteiger partial charge on any atom is 0.175 e. The van der Waals surface area contributed by atoms with Crippen molar-refractivity contribution in [3.8, 4) is 6.07 Å². The van der Waals surface area contributed by atoms with Gasteiger partial charge in [0.2, 0.25) is 0 Å². The molecule has 1 N–H and O–H groups in total. The molecule has 4 nitrogen and oxygen atoms in total. The fraction of sp³-hybridized carbons (Fsp3) is 0.364. The number of nitriles is 1. The Morgan fingerprint density at radius 2 is 2.18 bits per heavy atom. The second-order valence-corrected chi connectivity index (χ2v) is 7.23. The van der Waals surface area contributed by atoms with E-state index >= 15 is 0 Å². The molecule has 0 aromatic heterocycles. The summed E-state index contributed by atoms with van der Waals surface area (Å²) < 4.78 is 22.9. The van der Waals surface area contributed by atoms with Crippen molar-refractivity contribution in [3.05, 3.63) is 18.2 Å². The summed E-state index contributed by atoms with van der Waals surface area (Å²) >= 11 is 1.41. The molecule has 0 saturated heterocycles. The van der Waals surface area contributed by atoms with Gasteiger partial charge in [0, 0.05) is 22.9 Å². The lowest BCUT2D eigenvalue weighted by Crippen LogP contribution is -2.30. The molecule has 1 aliphatic rings. The molecule has 0 radical (unpaired) electrons. The Labute approximate surface area is 105 Å². The van der Waals surface area contributed by atoms with Crippen molar-refractivity contribution in [2.45, 2.75) is 28.0 Å². The van der Waals surface area contributed by atoms with Gasteiger partial charge in [0.1, 0.15) is 5.25 Å². The summed E-state index contributed by atoms with van der Waals surface area (Å²) in [6, 6.07) is 7.22. The lowest BCUT2D eigenvalue weighted by molar-refractivity contribution is 0.601. The molecule has 6 heteroatoms. The lowest BCUT2D eigenvalue weighted by atomic mass is 10.2. The largest absolute Gasteiger partial charge is 0.379 e. The highest BCUT2D eigenvalue weighted by atomic mass is 32.2. The highest BCUT2D eigenvalue weighted by Gasteiger charge is 2.26. The molecular formula is C11H12N2O2S2. The Hall–Kier alpha value is -1.19. The molecule has 0 saturated carbocycles. The molecule has 0 bridgehead atoms. The van der Waals surface area contributed by atoms with Crippen LogP contribution >= 0.6 is 11.8 Å². The standard InChI is InChI=1S/C11H12N2O2S2/c1-7-11(6-12)16-10-5-8(17(2,14)15)3-4-9(10)13-7/h3-5,7,11,13H,1-2H3. The van der Waals surface area contributed by atoms with Crippen molar-refractivity contribution in [1.82, 2.24) is 0 Å². The lowest BCUT2D eigenvalue weighted by Gasteiger charge is -2.27. The van der Waals surface area contributed by atoms with Crippen LogP contribution in [-0.2, 0) is 9.84 Å². The van der Waals surface area contributed by atoms with Crippen LogP contribution in [0.4, 0.5) is 5.69 Å². The molecule has 0 amide bonds. The second kappa shape index (κ2) is 4.24. The van der Waals surface area contributed by atoms with Crippen LogP contribution < -0.4 is 5.32 Å². The molecule has 0 fully saturated rings. The van der Waals surface area contributed by atoms with Crippen molar-refractivity contribution in [2.75, 3.05) is 11.6 Å². The van der Waals surface area contributed by atoms with Crippen molar-refractivity contribution < 1.29 is 8.42 Å². The van der Waals surface area contributed by atoms with Crippen molar-refractivity contribution >= 4 is 27.3 Å². The van der Waals surface area contributed by atoms with E-state index in [-0.39, 0.29) is 16.2 Å². The minimum absolute atomic E-state index is 0.0570. The van der Waals surface area contributed by atoms with Gasteiger partial charge in [-0.3, -0.25) is 0 Å². The zero-order valence-electron chi connectivity index (χ0n) is 9.47. The summed E-state index contributed by atoms with van der Waals surface area (Å²) in [5, 5.41) is 12.0. The van der Waals surface area contributed by atoms with E-state index in [1.54, 1.807) is 18.2 Å². The zero-order valence-corrected chi connectivity index (χ0v) is 11.1. The number of fused-ring (bicyclic) bond motifs is 1. The third-order valence-electron chi connectivity index (χ3n) is 2.60. The molecule has 1 aliphatic heterocycles. The van der Waals surface area contributed by atoms with Gasteiger partial charge in [-0.1, -0.05) is 0 Å². The van der Waals surface area contributed by atoms with E-state index in [9.17, 15) is 8.42 Å². The van der Waals surface area contributed by atoms with E-state index in [4.69, 9.17) is 5.26 Å². The molecule has 90 valence electrons. The Morgan fingerprint density at radius 3 is 2.76 bits per heavy atom. The fourth-order valence-electron chi connectivity index (χ4n) is 1.65. The third kappa shape index (κ3) is 2.40. The number of hydrogen-bond acceptors (Lipinski definition) is 5. The summed E-state index contributed by atoms with van der Waals surface area (Å²) in [6.45, 7) is 1.94. The molecular weight excluding hydrogens is 256 g/mol. The quantitative estimate of drug-likeness (QED) is 0.842. The van der Waals surface area contributed by atoms with Gasteiger partial charge >= 0.3 is 0 Å². The van der Waals surface area contributed by atoms with Crippen LogP contribution in [0, 0.1) is 11.3 Å². The van der Waals surface area contributed by atoms with Crippen molar-refractivity contribution in [3.63, 3.8) is 0 Å². The van der Waals surface area contributed by atoms with Gasteiger partial charge in [0.05, 0.1) is 11.0 Å². The first-order valence-corrected chi connectivity index (χ1v) is 7.86. The second-order valence-electron chi connectivity index (χ2n) is 4.03. The topological polar surface area (TPSA) is 70.0 Å². The summed E-state index contributed by atoms with van der Waals surface area (Å²) in [7, 11) is -3.20. The number of thioether (sulfide) groups is 1. The van der Waals surface area contributed by atoms with E-state index in [1.165, 1.54) is 18.0 Å². The first-order valence-electron chi connectivity index (χ1n) is 5.09. The van der Waals surface area contributed by atoms with E-state index < -0.39 is 9.84 Å². The van der Waals surface area contributed by atoms with Crippen LogP contribution in [0.3, 0.4) is 0 Å². The highest BCUT2D eigenvalue weighted by Crippen LogP contribution is 2.38. The summed E-state index contributed by atoms with van der Waals surface area (Å²) in [5.74, 6) is 0. The van der Waals surface area contributed by atoms with Gasteiger partial charge in [-0.25, -0.2) is 8.42 Å². The summed E-state index contributed by atoms with van der Waals surface area (Å²) in [5.41, 5.74) is 0.890. The smallest absolute Gasteiger partial charge is 0.175 e. The molecule has 1 heterocycles. The van der Waals surface area contributed by atoms with Crippen LogP contribution in [-0.4, -0.2) is 26.0 Å². The van der Waals surface area contributed by atoms with Gasteiger partial charge in [0.15, 0.2) is 9.84 Å². The first kappa shape index (κ1) is 12.3. The highest BCUT2D eigenvalue weighted by molar-refractivity contribution is 8.00. The Morgan fingerprint density at radius 1 is 1.47 bits per heavy atom. The Balaban J connectivity index is 2.45. The van der Waals surface area contributed by atoms with Gasteiger partial charge in [-0.15, -0.1) is 11.8 Å². The van der Waals surface area contributed by atoms with Crippen LogP contribution in [0.15, 0.2) is 28.0 Å². The number of nitrogens with one attached hydrogen (secondary N) is 1. The van der Waals surface area contributed by atoms with Gasteiger partial charge < -0.3 is 5.32 Å². The molecule has 1 aromatic carbocycles. The van der Waals surface area contributed by atoms with Crippen LogP contribution in [0.5, 0.6) is 0 Å². The average molecular weight is 268 g/mol. The predicted molar refractivity (Wildman–Crippen MR) is 67.9 cm³/mol. The summed E-state index contributed by atoms with van der Waals surface area (Å²) in [4.78, 5) is 1.11.